The summed E-state index contributed by atoms with van der Waals surface area (Å²) in [6, 6.07) is 0.244. The summed E-state index contributed by atoms with van der Waals surface area (Å²) in [5, 5.41) is 2.92. The van der Waals surface area contributed by atoms with Gasteiger partial charge in [0.15, 0.2) is 0 Å². The third-order valence-corrected chi connectivity index (χ3v) is 5.50. The first-order chi connectivity index (χ1) is 7.60. The summed E-state index contributed by atoms with van der Waals surface area (Å²) in [5.74, 6) is 0. The summed E-state index contributed by atoms with van der Waals surface area (Å²) in [5.41, 5.74) is 0. The van der Waals surface area contributed by atoms with Crippen LogP contribution in [0.1, 0.15) is 19.8 Å². The Kier molecular flexibility index (Phi) is 3.84. The molecule has 2 unspecified atom stereocenters. The van der Waals surface area contributed by atoms with Crippen molar-refractivity contribution in [3.8, 4) is 0 Å². The maximum Gasteiger partial charge on any atom is 0.219 e. The van der Waals surface area contributed by atoms with Gasteiger partial charge in [0.2, 0.25) is 10.0 Å². The van der Waals surface area contributed by atoms with Crippen LogP contribution < -0.4 is 5.32 Å². The molecule has 1 N–H and O–H groups in total. The van der Waals surface area contributed by atoms with Gasteiger partial charge < -0.3 is 10.1 Å². The number of piperazine rings is 1. The van der Waals surface area contributed by atoms with Crippen molar-refractivity contribution in [1.29, 1.82) is 0 Å². The highest BCUT2D eigenvalue weighted by Gasteiger charge is 2.35. The summed E-state index contributed by atoms with van der Waals surface area (Å²) >= 11 is 0. The van der Waals surface area contributed by atoms with Crippen LogP contribution in [-0.4, -0.2) is 56.9 Å². The molecule has 2 rings (SSSR count). The summed E-state index contributed by atoms with van der Waals surface area (Å²) in [4.78, 5) is 0. The quantitative estimate of drug-likeness (QED) is 0.734. The fourth-order valence-corrected chi connectivity index (χ4v) is 4.22. The topological polar surface area (TPSA) is 58.6 Å². The Morgan fingerprint density at radius 3 is 2.88 bits per heavy atom. The zero-order valence-electron chi connectivity index (χ0n) is 9.68. The van der Waals surface area contributed by atoms with Gasteiger partial charge in [0.05, 0.1) is 11.9 Å². The molecular formula is C10H20N2O3S. The Morgan fingerprint density at radius 1 is 1.44 bits per heavy atom. The Morgan fingerprint density at radius 2 is 2.25 bits per heavy atom. The summed E-state index contributed by atoms with van der Waals surface area (Å²) in [7, 11) is -3.15. The van der Waals surface area contributed by atoms with Crippen LogP contribution in [0.5, 0.6) is 0 Å². The van der Waals surface area contributed by atoms with Crippen molar-refractivity contribution in [2.24, 2.45) is 0 Å². The van der Waals surface area contributed by atoms with E-state index < -0.39 is 10.0 Å². The highest BCUT2D eigenvalue weighted by molar-refractivity contribution is 7.89. The lowest BCUT2D eigenvalue weighted by Crippen LogP contribution is -2.54. The molecule has 0 saturated carbocycles. The van der Waals surface area contributed by atoms with E-state index in [1.165, 1.54) is 0 Å². The molecule has 6 heteroatoms. The third-order valence-electron chi connectivity index (χ3n) is 3.23. The van der Waals surface area contributed by atoms with E-state index in [0.29, 0.717) is 26.3 Å². The SMILES string of the molecule is CC1CN(S(=O)(=O)C2CCCOC2)CCN1. The van der Waals surface area contributed by atoms with Gasteiger partial charge in [0.1, 0.15) is 0 Å². The van der Waals surface area contributed by atoms with Gasteiger partial charge in [-0.05, 0) is 19.8 Å². The molecule has 16 heavy (non-hydrogen) atoms. The first kappa shape index (κ1) is 12.3. The van der Waals surface area contributed by atoms with Crippen molar-refractivity contribution in [1.82, 2.24) is 9.62 Å². The number of sulfonamides is 1. The molecule has 0 aliphatic carbocycles. The van der Waals surface area contributed by atoms with Crippen LogP contribution >= 0.6 is 0 Å². The number of rotatable bonds is 2. The van der Waals surface area contributed by atoms with Gasteiger partial charge in [-0.15, -0.1) is 0 Å². The minimum absolute atomic E-state index is 0.244. The average molecular weight is 248 g/mol. The maximum absolute atomic E-state index is 12.3. The second-order valence-electron chi connectivity index (χ2n) is 4.60. The molecule has 2 saturated heterocycles. The first-order valence-electron chi connectivity index (χ1n) is 5.91. The fraction of sp³-hybridized carbons (Fsp3) is 1.00. The van der Waals surface area contributed by atoms with E-state index >= 15 is 0 Å². The van der Waals surface area contributed by atoms with Crippen LogP contribution in [0.2, 0.25) is 0 Å². The monoisotopic (exact) mass is 248 g/mol. The van der Waals surface area contributed by atoms with Gasteiger partial charge in [0.25, 0.3) is 0 Å². The zero-order valence-corrected chi connectivity index (χ0v) is 10.5. The van der Waals surface area contributed by atoms with Gasteiger partial charge in [-0.25, -0.2) is 8.42 Å². The number of hydrogen-bond donors (Lipinski definition) is 1. The molecule has 0 spiro atoms. The molecule has 2 aliphatic rings. The van der Waals surface area contributed by atoms with Crippen LogP contribution in [0.25, 0.3) is 0 Å². The highest BCUT2D eigenvalue weighted by Crippen LogP contribution is 2.19. The Labute approximate surface area is 97.2 Å². The van der Waals surface area contributed by atoms with E-state index in [4.69, 9.17) is 4.74 Å². The third kappa shape index (κ3) is 2.56. The van der Waals surface area contributed by atoms with Crippen molar-refractivity contribution < 1.29 is 13.2 Å². The number of nitrogens with one attached hydrogen (secondary N) is 1. The van der Waals surface area contributed by atoms with E-state index in [1.807, 2.05) is 6.92 Å². The predicted molar refractivity (Wildman–Crippen MR) is 61.8 cm³/mol. The van der Waals surface area contributed by atoms with E-state index in [-0.39, 0.29) is 11.3 Å². The van der Waals surface area contributed by atoms with Crippen molar-refractivity contribution in [3.05, 3.63) is 0 Å². The van der Waals surface area contributed by atoms with Gasteiger partial charge in [0, 0.05) is 32.3 Å². The van der Waals surface area contributed by atoms with Gasteiger partial charge >= 0.3 is 0 Å². The zero-order chi connectivity index (χ0) is 11.6. The van der Waals surface area contributed by atoms with Crippen LogP contribution in [0.4, 0.5) is 0 Å². The number of hydrogen-bond acceptors (Lipinski definition) is 4. The second kappa shape index (κ2) is 5.00. The molecular weight excluding hydrogens is 228 g/mol. The van der Waals surface area contributed by atoms with Crippen molar-refractivity contribution in [2.45, 2.75) is 31.1 Å². The first-order valence-corrected chi connectivity index (χ1v) is 7.41. The average Bonchev–Trinajstić information content (AvgIpc) is 2.30. The largest absolute Gasteiger partial charge is 0.380 e. The lowest BCUT2D eigenvalue weighted by Gasteiger charge is -2.34. The molecule has 0 radical (unpaired) electrons. The molecule has 94 valence electrons. The van der Waals surface area contributed by atoms with E-state index in [2.05, 4.69) is 5.32 Å². The summed E-state index contributed by atoms with van der Waals surface area (Å²) < 4.78 is 31.5. The number of ether oxygens (including phenoxy) is 1. The lowest BCUT2D eigenvalue weighted by molar-refractivity contribution is 0.0970. The molecule has 0 amide bonds. The minimum atomic E-state index is -3.15. The Bertz CT molecular complexity index is 325. The molecule has 0 aromatic carbocycles. The van der Waals surface area contributed by atoms with Gasteiger partial charge in [-0.2, -0.15) is 4.31 Å². The van der Waals surface area contributed by atoms with Crippen LogP contribution in [0, 0.1) is 0 Å². The molecule has 0 bridgehead atoms. The van der Waals surface area contributed by atoms with Crippen LogP contribution in [0.15, 0.2) is 0 Å². The molecule has 5 nitrogen and oxygen atoms in total. The van der Waals surface area contributed by atoms with Gasteiger partial charge in [-0.3, -0.25) is 0 Å². The van der Waals surface area contributed by atoms with E-state index in [9.17, 15) is 8.42 Å². The van der Waals surface area contributed by atoms with E-state index in [0.717, 1.165) is 19.4 Å². The van der Waals surface area contributed by atoms with Gasteiger partial charge in [-0.1, -0.05) is 0 Å². The van der Waals surface area contributed by atoms with Crippen LogP contribution in [-0.2, 0) is 14.8 Å². The molecule has 0 aromatic heterocycles. The molecule has 2 atom stereocenters. The molecule has 2 fully saturated rings. The smallest absolute Gasteiger partial charge is 0.219 e. The number of nitrogens with zero attached hydrogens (tertiary/aromatic N) is 1. The highest BCUT2D eigenvalue weighted by atomic mass is 32.2. The molecule has 0 aromatic rings. The Hall–Kier alpha value is -0.170. The maximum atomic E-state index is 12.3. The van der Waals surface area contributed by atoms with Crippen LogP contribution in [0.3, 0.4) is 0 Å². The fourth-order valence-electron chi connectivity index (χ4n) is 2.28. The summed E-state index contributed by atoms with van der Waals surface area (Å²) in [6.45, 7) is 4.99. The van der Waals surface area contributed by atoms with Crippen molar-refractivity contribution >= 4 is 10.0 Å². The Balaban J connectivity index is 2.05. The van der Waals surface area contributed by atoms with E-state index in [1.54, 1.807) is 4.31 Å². The second-order valence-corrected chi connectivity index (χ2v) is 6.81. The minimum Gasteiger partial charge on any atom is -0.380 e. The molecule has 2 heterocycles. The summed E-state index contributed by atoms with van der Waals surface area (Å²) in [6.07, 6.45) is 1.59. The molecule has 2 aliphatic heterocycles. The standard InChI is InChI=1S/C10H20N2O3S/c1-9-7-12(5-4-11-9)16(13,14)10-3-2-6-15-8-10/h9-11H,2-8H2,1H3. The lowest BCUT2D eigenvalue weighted by atomic mass is 10.2. The van der Waals surface area contributed by atoms with Crippen molar-refractivity contribution in [3.63, 3.8) is 0 Å². The van der Waals surface area contributed by atoms with Crippen molar-refractivity contribution in [2.75, 3.05) is 32.8 Å². The normalized spacial score (nSPS) is 33.8. The predicted octanol–water partition coefficient (Wildman–Crippen LogP) is -0.211.